The molecule has 1 saturated heterocycles. The average molecular weight is 424 g/mol. The molecule has 6 nitrogen and oxygen atoms in total. The highest BCUT2D eigenvalue weighted by Crippen LogP contribution is 2.38. The molecule has 2 aliphatic rings. The van der Waals surface area contributed by atoms with E-state index in [-0.39, 0.29) is 22.9 Å². The molecule has 1 fully saturated rings. The number of Topliss-reactive ketones (excluding diaryl/α,β-unsaturated/α-hetero) is 1. The predicted molar refractivity (Wildman–Crippen MR) is 120 cm³/mol. The van der Waals surface area contributed by atoms with Crippen molar-refractivity contribution in [3.8, 4) is 0 Å². The average Bonchev–Trinajstić information content (AvgIpc) is 3.03. The zero-order chi connectivity index (χ0) is 22.2. The van der Waals surface area contributed by atoms with E-state index in [9.17, 15) is 9.59 Å². The Bertz CT molecular complexity index is 984. The van der Waals surface area contributed by atoms with E-state index in [4.69, 9.17) is 4.42 Å². The molecule has 1 aromatic heterocycles. The van der Waals surface area contributed by atoms with Crippen LogP contribution in [0.1, 0.15) is 63.6 Å². The van der Waals surface area contributed by atoms with Crippen molar-refractivity contribution in [2.75, 3.05) is 33.2 Å². The van der Waals surface area contributed by atoms with Gasteiger partial charge in [-0.25, -0.2) is 0 Å². The lowest BCUT2D eigenvalue weighted by atomic mass is 9.76. The zero-order valence-electron chi connectivity index (χ0n) is 19.1. The number of nitrogens with one attached hydrogen (secondary N) is 1. The van der Waals surface area contributed by atoms with E-state index in [2.05, 4.69) is 48.1 Å². The lowest BCUT2D eigenvalue weighted by Crippen LogP contribution is -2.43. The van der Waals surface area contributed by atoms with Gasteiger partial charge in [0.1, 0.15) is 5.76 Å². The monoisotopic (exact) mass is 423 g/mol. The van der Waals surface area contributed by atoms with Crippen molar-refractivity contribution < 1.29 is 14.0 Å². The van der Waals surface area contributed by atoms with Crippen LogP contribution in [0.2, 0.25) is 0 Å². The minimum absolute atomic E-state index is 0.0724. The second-order valence-corrected chi connectivity index (χ2v) is 9.88. The van der Waals surface area contributed by atoms with Gasteiger partial charge in [0, 0.05) is 57.7 Å². The van der Waals surface area contributed by atoms with Gasteiger partial charge in [0.2, 0.25) is 0 Å². The molecule has 166 valence electrons. The third-order valence-electron chi connectivity index (χ3n) is 6.43. The molecule has 0 spiro atoms. The van der Waals surface area contributed by atoms with Gasteiger partial charge in [-0.3, -0.25) is 14.5 Å². The molecule has 2 aromatic rings. The van der Waals surface area contributed by atoms with Gasteiger partial charge in [-0.05, 0) is 30.5 Å². The number of benzene rings is 1. The fourth-order valence-electron chi connectivity index (χ4n) is 4.66. The summed E-state index contributed by atoms with van der Waals surface area (Å²) in [6.07, 6.45) is 1.16. The van der Waals surface area contributed by atoms with Crippen molar-refractivity contribution >= 4 is 11.7 Å². The molecule has 31 heavy (non-hydrogen) atoms. The van der Waals surface area contributed by atoms with Crippen molar-refractivity contribution in [2.45, 2.75) is 46.7 Å². The summed E-state index contributed by atoms with van der Waals surface area (Å²) in [5.41, 5.74) is 3.46. The van der Waals surface area contributed by atoms with E-state index >= 15 is 0 Å². The van der Waals surface area contributed by atoms with Crippen LogP contribution in [0.5, 0.6) is 0 Å². The number of carbonyl (C=O) groups excluding carboxylic acids is 2. The number of piperazine rings is 1. The number of furan rings is 1. The van der Waals surface area contributed by atoms with Crippen molar-refractivity contribution in [3.63, 3.8) is 0 Å². The summed E-state index contributed by atoms with van der Waals surface area (Å²) in [6, 6.07) is 8.37. The van der Waals surface area contributed by atoms with E-state index in [1.54, 1.807) is 0 Å². The first-order valence-electron chi connectivity index (χ1n) is 11.1. The first kappa shape index (κ1) is 21.8. The van der Waals surface area contributed by atoms with Gasteiger partial charge in [0.25, 0.3) is 5.91 Å². The van der Waals surface area contributed by atoms with Crippen LogP contribution in [0.3, 0.4) is 0 Å². The number of carbonyl (C=O) groups is 2. The largest absolute Gasteiger partial charge is 0.455 e. The molecule has 0 atom stereocenters. The number of likely N-dealkylation sites (N-methyl/N-ethyl adjacent to an activating group) is 1. The quantitative estimate of drug-likeness (QED) is 0.798. The number of fused-ring (bicyclic) bond motifs is 1. The summed E-state index contributed by atoms with van der Waals surface area (Å²) in [5, 5.41) is 2.97. The van der Waals surface area contributed by atoms with E-state index in [1.165, 1.54) is 5.56 Å². The molecular formula is C25H33N3O3. The lowest BCUT2D eigenvalue weighted by Gasteiger charge is -2.32. The van der Waals surface area contributed by atoms with Crippen LogP contribution in [0.25, 0.3) is 0 Å². The van der Waals surface area contributed by atoms with Gasteiger partial charge in [-0.15, -0.1) is 0 Å². The molecule has 1 N–H and O–H groups in total. The van der Waals surface area contributed by atoms with Crippen molar-refractivity contribution in [1.29, 1.82) is 0 Å². The van der Waals surface area contributed by atoms with Gasteiger partial charge in [-0.2, -0.15) is 0 Å². The van der Waals surface area contributed by atoms with Crippen LogP contribution in [-0.4, -0.2) is 54.7 Å². The van der Waals surface area contributed by atoms with Crippen molar-refractivity contribution in [3.05, 3.63) is 58.0 Å². The third kappa shape index (κ3) is 4.91. The number of hydrogen-bond acceptors (Lipinski definition) is 5. The summed E-state index contributed by atoms with van der Waals surface area (Å²) in [6.45, 7) is 11.6. The summed E-state index contributed by atoms with van der Waals surface area (Å²) in [5.74, 6) is 0.729. The Balaban J connectivity index is 1.40. The molecule has 0 radical (unpaired) electrons. The molecule has 0 bridgehead atoms. The summed E-state index contributed by atoms with van der Waals surface area (Å²) < 4.78 is 5.88. The van der Waals surface area contributed by atoms with Crippen LogP contribution in [-0.2, 0) is 19.5 Å². The fraction of sp³-hybridized carbons (Fsp3) is 0.520. The Morgan fingerprint density at radius 2 is 1.84 bits per heavy atom. The molecule has 4 rings (SSSR count). The van der Waals surface area contributed by atoms with E-state index in [0.717, 1.165) is 38.3 Å². The maximum atomic E-state index is 12.8. The number of amides is 1. The Hall–Kier alpha value is -2.44. The normalized spacial score (nSPS) is 19.3. The highest BCUT2D eigenvalue weighted by molar-refractivity contribution is 6.03. The smallest absolute Gasteiger partial charge is 0.287 e. The highest BCUT2D eigenvalue weighted by Gasteiger charge is 2.37. The fourth-order valence-corrected chi connectivity index (χ4v) is 4.66. The van der Waals surface area contributed by atoms with Crippen LogP contribution >= 0.6 is 0 Å². The predicted octanol–water partition coefficient (Wildman–Crippen LogP) is 3.42. The maximum absolute atomic E-state index is 12.8. The van der Waals surface area contributed by atoms with Crippen LogP contribution in [0, 0.1) is 12.3 Å². The zero-order valence-corrected chi connectivity index (χ0v) is 19.1. The van der Waals surface area contributed by atoms with Crippen LogP contribution in [0.4, 0.5) is 0 Å². The molecule has 1 aliphatic carbocycles. The SMILES string of the molecule is Cc1c(C(=O)NCc2cccc(CN3CCN(C)CC3)c2)oc2c1C(=O)CC(C)(C)C2. The summed E-state index contributed by atoms with van der Waals surface area (Å²) >= 11 is 0. The second-order valence-electron chi connectivity index (χ2n) is 9.88. The van der Waals surface area contributed by atoms with Gasteiger partial charge in [0.15, 0.2) is 11.5 Å². The Morgan fingerprint density at radius 1 is 1.13 bits per heavy atom. The van der Waals surface area contributed by atoms with Gasteiger partial charge in [0.05, 0.1) is 5.56 Å². The Labute approximate surface area is 184 Å². The Morgan fingerprint density at radius 3 is 2.58 bits per heavy atom. The highest BCUT2D eigenvalue weighted by atomic mass is 16.4. The molecular weight excluding hydrogens is 390 g/mol. The summed E-state index contributed by atoms with van der Waals surface area (Å²) in [7, 11) is 2.16. The maximum Gasteiger partial charge on any atom is 0.287 e. The molecule has 0 saturated carbocycles. The molecule has 6 heteroatoms. The summed E-state index contributed by atoms with van der Waals surface area (Å²) in [4.78, 5) is 30.2. The first-order valence-corrected chi connectivity index (χ1v) is 11.1. The second kappa shape index (κ2) is 8.60. The standard InChI is InChI=1S/C25H33N3O3/c1-17-22-20(29)13-25(2,3)14-21(22)31-23(17)24(30)26-15-18-6-5-7-19(12-18)16-28-10-8-27(4)9-11-28/h5-7,12H,8-11,13-16H2,1-4H3,(H,26,30). The van der Waals surface area contributed by atoms with Gasteiger partial charge in [-0.1, -0.05) is 38.1 Å². The van der Waals surface area contributed by atoms with Crippen molar-refractivity contribution in [2.24, 2.45) is 5.41 Å². The minimum atomic E-state index is -0.262. The number of nitrogens with zero attached hydrogens (tertiary/aromatic N) is 2. The molecule has 1 aromatic carbocycles. The number of ketones is 1. The van der Waals surface area contributed by atoms with Crippen LogP contribution in [0.15, 0.2) is 28.7 Å². The van der Waals surface area contributed by atoms with E-state index in [1.807, 2.05) is 19.1 Å². The molecule has 0 unspecified atom stereocenters. The molecule has 1 amide bonds. The van der Waals surface area contributed by atoms with Crippen molar-refractivity contribution in [1.82, 2.24) is 15.1 Å². The van der Waals surface area contributed by atoms with E-state index < -0.39 is 0 Å². The topological polar surface area (TPSA) is 65.8 Å². The molecule has 2 heterocycles. The molecule has 1 aliphatic heterocycles. The first-order chi connectivity index (χ1) is 14.7. The van der Waals surface area contributed by atoms with E-state index in [0.29, 0.717) is 36.3 Å². The Kier molecular flexibility index (Phi) is 6.04. The van der Waals surface area contributed by atoms with Crippen LogP contribution < -0.4 is 5.32 Å². The minimum Gasteiger partial charge on any atom is -0.455 e. The van der Waals surface area contributed by atoms with Gasteiger partial charge >= 0.3 is 0 Å². The number of hydrogen-bond donors (Lipinski definition) is 1. The lowest BCUT2D eigenvalue weighted by molar-refractivity contribution is 0.0888. The van der Waals surface area contributed by atoms with Gasteiger partial charge < -0.3 is 14.6 Å². The third-order valence-corrected chi connectivity index (χ3v) is 6.43. The number of rotatable bonds is 5.